The minimum Gasteiger partial charge on any atom is -0.383 e. The number of nitrogens with one attached hydrogen (secondary N) is 1. The summed E-state index contributed by atoms with van der Waals surface area (Å²) in [6.45, 7) is 4.20. The second kappa shape index (κ2) is 3.95. The number of Topliss-reactive ketones (excluding diaryl/α,β-unsaturated/α-hetero) is 1. The first-order valence-corrected chi connectivity index (χ1v) is 6.43. The van der Waals surface area contributed by atoms with E-state index in [1.807, 2.05) is 24.3 Å². The molecule has 0 atom stereocenters. The van der Waals surface area contributed by atoms with Crippen LogP contribution in [0.1, 0.15) is 26.7 Å². The second-order valence-corrected chi connectivity index (χ2v) is 5.93. The average molecular weight is 255 g/mol. The number of carbonyl (C=O) groups is 1. The summed E-state index contributed by atoms with van der Waals surface area (Å²) in [6.07, 6.45) is 1.32. The van der Waals surface area contributed by atoms with Gasteiger partial charge >= 0.3 is 0 Å². The van der Waals surface area contributed by atoms with Gasteiger partial charge in [0, 0.05) is 12.1 Å². The quantitative estimate of drug-likeness (QED) is 0.749. The highest BCUT2D eigenvalue weighted by Gasteiger charge is 2.35. The fourth-order valence-corrected chi connectivity index (χ4v) is 2.75. The van der Waals surface area contributed by atoms with Crippen LogP contribution >= 0.6 is 0 Å². The van der Waals surface area contributed by atoms with E-state index in [1.54, 1.807) is 0 Å². The van der Waals surface area contributed by atoms with Crippen molar-refractivity contribution in [2.75, 3.05) is 5.32 Å². The fraction of sp³-hybridized carbons (Fsp3) is 0.333. The van der Waals surface area contributed by atoms with E-state index < -0.39 is 0 Å². The molecular weight excluding hydrogens is 238 g/mol. The number of ketones is 1. The summed E-state index contributed by atoms with van der Waals surface area (Å²) < 4.78 is 0. The number of allylic oxidation sites excluding steroid dienone is 1. The number of rotatable bonds is 0. The summed E-state index contributed by atoms with van der Waals surface area (Å²) >= 11 is 0. The molecule has 1 aromatic carbocycles. The third-order valence-electron chi connectivity index (χ3n) is 3.56. The van der Waals surface area contributed by atoms with Crippen molar-refractivity contribution in [3.63, 3.8) is 0 Å². The second-order valence-electron chi connectivity index (χ2n) is 5.93. The van der Waals surface area contributed by atoms with Crippen LogP contribution in [0.5, 0.6) is 0 Å². The molecule has 0 fully saturated rings. The van der Waals surface area contributed by atoms with Crippen molar-refractivity contribution >= 4 is 23.0 Å². The van der Waals surface area contributed by atoms with Crippen molar-refractivity contribution in [2.24, 2.45) is 16.1 Å². The van der Waals surface area contributed by atoms with Crippen molar-refractivity contribution in [3.05, 3.63) is 35.5 Å². The fourth-order valence-electron chi connectivity index (χ4n) is 2.75. The van der Waals surface area contributed by atoms with Crippen LogP contribution in [0, 0.1) is 5.41 Å². The number of aliphatic imine (C=N–C) groups is 1. The first-order valence-electron chi connectivity index (χ1n) is 6.43. The standard InChI is InChI=1S/C15H17N3O/c1-15(2)7-11-13(12(19)8-15)14(16)18-10-6-4-3-5-9(10)17-11/h3-6,17H,7-8H2,1-2H3,(H2,16,18). The molecule has 19 heavy (non-hydrogen) atoms. The van der Waals surface area contributed by atoms with Gasteiger partial charge in [-0.2, -0.15) is 0 Å². The summed E-state index contributed by atoms with van der Waals surface area (Å²) in [5.41, 5.74) is 9.12. The maximum Gasteiger partial charge on any atom is 0.168 e. The van der Waals surface area contributed by atoms with Crippen LogP contribution in [-0.4, -0.2) is 11.6 Å². The van der Waals surface area contributed by atoms with Crippen molar-refractivity contribution in [3.8, 4) is 0 Å². The maximum absolute atomic E-state index is 12.3. The predicted molar refractivity (Wildman–Crippen MR) is 76.4 cm³/mol. The summed E-state index contributed by atoms with van der Waals surface area (Å²) in [5.74, 6) is 0.403. The lowest BCUT2D eigenvalue weighted by molar-refractivity contribution is -0.117. The molecule has 0 aromatic heterocycles. The SMILES string of the molecule is CC1(C)CC(=O)C2=C(C1)Nc1ccccc1N=C2N. The highest BCUT2D eigenvalue weighted by molar-refractivity contribution is 6.23. The largest absolute Gasteiger partial charge is 0.383 e. The van der Waals surface area contributed by atoms with Crippen LogP contribution in [-0.2, 0) is 4.79 Å². The van der Waals surface area contributed by atoms with E-state index >= 15 is 0 Å². The molecule has 1 aliphatic carbocycles. The zero-order chi connectivity index (χ0) is 13.6. The number of carbonyl (C=O) groups excluding carboxylic acids is 1. The number of anilines is 1. The molecule has 0 unspecified atom stereocenters. The molecule has 0 radical (unpaired) electrons. The Morgan fingerprint density at radius 1 is 1.26 bits per heavy atom. The molecule has 0 saturated heterocycles. The van der Waals surface area contributed by atoms with E-state index in [2.05, 4.69) is 24.2 Å². The Bertz CT molecular complexity index is 626. The number of hydrogen-bond acceptors (Lipinski definition) is 4. The van der Waals surface area contributed by atoms with Crippen molar-refractivity contribution in [1.82, 2.24) is 0 Å². The van der Waals surface area contributed by atoms with Crippen molar-refractivity contribution in [1.29, 1.82) is 0 Å². The number of amidine groups is 1. The Kier molecular flexibility index (Phi) is 2.49. The maximum atomic E-state index is 12.3. The van der Waals surface area contributed by atoms with Crippen LogP contribution < -0.4 is 11.1 Å². The van der Waals surface area contributed by atoms with Gasteiger partial charge < -0.3 is 11.1 Å². The van der Waals surface area contributed by atoms with E-state index in [-0.39, 0.29) is 11.2 Å². The molecule has 4 heteroatoms. The molecule has 0 bridgehead atoms. The Balaban J connectivity index is 2.15. The molecule has 2 aliphatic rings. The summed E-state index contributed by atoms with van der Waals surface area (Å²) in [5, 5.41) is 3.34. The average Bonchev–Trinajstić information content (AvgIpc) is 2.42. The van der Waals surface area contributed by atoms with E-state index in [4.69, 9.17) is 5.73 Å². The lowest BCUT2D eigenvalue weighted by atomic mass is 9.75. The van der Waals surface area contributed by atoms with Gasteiger partial charge in [0.1, 0.15) is 5.84 Å². The first-order chi connectivity index (χ1) is 8.96. The molecule has 0 spiro atoms. The molecule has 3 N–H and O–H groups in total. The Morgan fingerprint density at radius 3 is 2.79 bits per heavy atom. The van der Waals surface area contributed by atoms with Gasteiger partial charge in [0.25, 0.3) is 0 Å². The van der Waals surface area contributed by atoms with Gasteiger partial charge in [0.2, 0.25) is 0 Å². The Morgan fingerprint density at radius 2 is 2.00 bits per heavy atom. The number of nitrogens with two attached hydrogens (primary N) is 1. The molecule has 1 aliphatic heterocycles. The lowest BCUT2D eigenvalue weighted by Gasteiger charge is -2.31. The molecule has 4 nitrogen and oxygen atoms in total. The van der Waals surface area contributed by atoms with Gasteiger partial charge in [-0.3, -0.25) is 4.79 Å². The normalized spacial score (nSPS) is 20.9. The molecule has 1 heterocycles. The summed E-state index contributed by atoms with van der Waals surface area (Å²) in [6, 6.07) is 7.70. The third-order valence-corrected chi connectivity index (χ3v) is 3.56. The van der Waals surface area contributed by atoms with Crippen LogP contribution in [0.15, 0.2) is 40.5 Å². The highest BCUT2D eigenvalue weighted by atomic mass is 16.1. The van der Waals surface area contributed by atoms with Gasteiger partial charge in [-0.1, -0.05) is 26.0 Å². The Labute approximate surface area is 112 Å². The number of para-hydroxylation sites is 2. The molecular formula is C15H17N3O. The molecule has 3 rings (SSSR count). The predicted octanol–water partition coefficient (Wildman–Crippen LogP) is 2.74. The van der Waals surface area contributed by atoms with Crippen LogP contribution in [0.4, 0.5) is 11.4 Å². The van der Waals surface area contributed by atoms with Crippen LogP contribution in [0.2, 0.25) is 0 Å². The van der Waals surface area contributed by atoms with E-state index in [9.17, 15) is 4.79 Å². The minimum atomic E-state index is -0.0392. The Hall–Kier alpha value is -2.10. The van der Waals surface area contributed by atoms with Gasteiger partial charge in [-0.25, -0.2) is 4.99 Å². The monoisotopic (exact) mass is 255 g/mol. The molecule has 0 amide bonds. The lowest BCUT2D eigenvalue weighted by Crippen LogP contribution is -2.33. The van der Waals surface area contributed by atoms with Crippen LogP contribution in [0.3, 0.4) is 0 Å². The van der Waals surface area contributed by atoms with Crippen molar-refractivity contribution < 1.29 is 4.79 Å². The number of fused-ring (bicyclic) bond motifs is 1. The number of benzene rings is 1. The molecule has 1 aromatic rings. The van der Waals surface area contributed by atoms with Crippen molar-refractivity contribution in [2.45, 2.75) is 26.7 Å². The van der Waals surface area contributed by atoms with Gasteiger partial charge in [-0.15, -0.1) is 0 Å². The summed E-state index contributed by atoms with van der Waals surface area (Å²) in [7, 11) is 0. The molecule has 0 saturated carbocycles. The number of nitrogens with zero attached hydrogens (tertiary/aromatic N) is 1. The van der Waals surface area contributed by atoms with Gasteiger partial charge in [0.05, 0.1) is 16.9 Å². The first kappa shape index (κ1) is 12.0. The zero-order valence-corrected chi connectivity index (χ0v) is 11.2. The topological polar surface area (TPSA) is 67.5 Å². The van der Waals surface area contributed by atoms with Gasteiger partial charge in [0.15, 0.2) is 5.78 Å². The highest BCUT2D eigenvalue weighted by Crippen LogP contribution is 2.40. The summed E-state index contributed by atoms with van der Waals surface area (Å²) in [4.78, 5) is 16.7. The number of hydrogen-bond donors (Lipinski definition) is 2. The minimum absolute atomic E-state index is 0.0392. The van der Waals surface area contributed by atoms with E-state index in [1.165, 1.54) is 0 Å². The van der Waals surface area contributed by atoms with Crippen LogP contribution in [0.25, 0.3) is 0 Å². The van der Waals surface area contributed by atoms with E-state index in [0.29, 0.717) is 17.8 Å². The van der Waals surface area contributed by atoms with E-state index in [0.717, 1.165) is 23.5 Å². The molecule has 98 valence electrons. The third kappa shape index (κ3) is 2.03. The van der Waals surface area contributed by atoms with Gasteiger partial charge in [-0.05, 0) is 24.0 Å². The zero-order valence-electron chi connectivity index (χ0n) is 11.2. The smallest absolute Gasteiger partial charge is 0.168 e.